The maximum absolute atomic E-state index is 11.3. The first-order valence-corrected chi connectivity index (χ1v) is 5.74. The van der Waals surface area contributed by atoms with Crippen LogP contribution in [-0.2, 0) is 4.74 Å². The minimum Gasteiger partial charge on any atom is -0.465 e. The number of hydrogen-bond acceptors (Lipinski definition) is 6. The van der Waals surface area contributed by atoms with Crippen molar-refractivity contribution in [3.05, 3.63) is 21.8 Å². The van der Waals surface area contributed by atoms with Crippen LogP contribution in [0.1, 0.15) is 15.4 Å². The average Bonchev–Trinajstić information content (AvgIpc) is 2.85. The number of nitrogens with zero attached hydrogens (tertiary/aromatic N) is 2. The van der Waals surface area contributed by atoms with Crippen LogP contribution in [0.15, 0.2) is 6.07 Å². The number of aromatic amines is 1. The van der Waals surface area contributed by atoms with E-state index < -0.39 is 5.97 Å². The number of ether oxygens (including phenoxy) is 2. The topological polar surface area (TPSA) is 77.1 Å². The quantitative estimate of drug-likeness (QED) is 0.869. The number of methoxy groups -OCH3 is 1. The SMILES string of the molecule is COC(=O)c1sc(Oc2cc(C)[nH]n2)nc1Cl. The predicted octanol–water partition coefficient (Wildman–Crippen LogP) is 2.41. The molecule has 0 aromatic carbocycles. The highest BCUT2D eigenvalue weighted by Crippen LogP contribution is 2.31. The summed E-state index contributed by atoms with van der Waals surface area (Å²) in [5, 5.41) is 6.89. The van der Waals surface area contributed by atoms with Gasteiger partial charge in [-0.15, -0.1) is 5.10 Å². The molecule has 0 bridgehead atoms. The third-order valence-corrected chi connectivity index (χ3v) is 3.11. The second-order valence-corrected chi connectivity index (χ2v) is 4.40. The molecule has 2 rings (SSSR count). The summed E-state index contributed by atoms with van der Waals surface area (Å²) in [7, 11) is 1.27. The van der Waals surface area contributed by atoms with Crippen molar-refractivity contribution in [2.45, 2.75) is 6.92 Å². The van der Waals surface area contributed by atoms with Gasteiger partial charge in [-0.1, -0.05) is 22.9 Å². The van der Waals surface area contributed by atoms with Gasteiger partial charge in [0, 0.05) is 11.8 Å². The maximum Gasteiger partial charge on any atom is 0.351 e. The number of hydrogen-bond donors (Lipinski definition) is 1. The summed E-state index contributed by atoms with van der Waals surface area (Å²) in [4.78, 5) is 15.4. The second-order valence-electron chi connectivity index (χ2n) is 3.08. The van der Waals surface area contributed by atoms with E-state index in [-0.39, 0.29) is 15.2 Å². The van der Waals surface area contributed by atoms with Gasteiger partial charge in [0.2, 0.25) is 5.88 Å². The molecule has 0 amide bonds. The van der Waals surface area contributed by atoms with Crippen LogP contribution >= 0.6 is 22.9 Å². The molecule has 6 nitrogen and oxygen atoms in total. The van der Waals surface area contributed by atoms with Crippen LogP contribution in [0.25, 0.3) is 0 Å². The highest BCUT2D eigenvalue weighted by molar-refractivity contribution is 7.15. The lowest BCUT2D eigenvalue weighted by Gasteiger charge is -1.93. The molecule has 0 aliphatic rings. The Hall–Kier alpha value is -1.60. The van der Waals surface area contributed by atoms with Crippen molar-refractivity contribution >= 4 is 28.9 Å². The number of esters is 1. The smallest absolute Gasteiger partial charge is 0.351 e. The van der Waals surface area contributed by atoms with E-state index >= 15 is 0 Å². The monoisotopic (exact) mass is 273 g/mol. The molecule has 0 fully saturated rings. The van der Waals surface area contributed by atoms with E-state index in [1.54, 1.807) is 6.07 Å². The Labute approximate surface area is 106 Å². The van der Waals surface area contributed by atoms with Gasteiger partial charge < -0.3 is 9.47 Å². The highest BCUT2D eigenvalue weighted by Gasteiger charge is 2.18. The van der Waals surface area contributed by atoms with Crippen molar-refractivity contribution in [1.82, 2.24) is 15.2 Å². The van der Waals surface area contributed by atoms with Crippen LogP contribution in [0.4, 0.5) is 0 Å². The molecule has 0 saturated heterocycles. The summed E-state index contributed by atoms with van der Waals surface area (Å²) in [6.07, 6.45) is 0. The summed E-state index contributed by atoms with van der Waals surface area (Å²) in [5.74, 6) is -0.176. The fourth-order valence-corrected chi connectivity index (χ4v) is 2.14. The van der Waals surface area contributed by atoms with Crippen molar-refractivity contribution < 1.29 is 14.3 Å². The number of rotatable bonds is 3. The van der Waals surface area contributed by atoms with Crippen LogP contribution < -0.4 is 4.74 Å². The lowest BCUT2D eigenvalue weighted by atomic mass is 10.5. The number of H-pyrrole nitrogens is 1. The van der Waals surface area contributed by atoms with Gasteiger partial charge in [0.15, 0.2) is 10.0 Å². The lowest BCUT2D eigenvalue weighted by molar-refractivity contribution is 0.0606. The summed E-state index contributed by atoms with van der Waals surface area (Å²) in [6.45, 7) is 1.84. The number of halogens is 1. The molecule has 2 aromatic rings. The normalized spacial score (nSPS) is 10.3. The van der Waals surface area contributed by atoms with E-state index in [0.29, 0.717) is 5.88 Å². The van der Waals surface area contributed by atoms with Crippen molar-refractivity contribution in [2.75, 3.05) is 7.11 Å². The van der Waals surface area contributed by atoms with Gasteiger partial charge in [0.25, 0.3) is 5.19 Å². The maximum atomic E-state index is 11.3. The van der Waals surface area contributed by atoms with Gasteiger partial charge in [0.1, 0.15) is 0 Å². The largest absolute Gasteiger partial charge is 0.465 e. The van der Waals surface area contributed by atoms with E-state index in [1.807, 2.05) is 6.92 Å². The van der Waals surface area contributed by atoms with Crippen LogP contribution in [-0.4, -0.2) is 28.3 Å². The van der Waals surface area contributed by atoms with Crippen molar-refractivity contribution in [3.63, 3.8) is 0 Å². The number of carbonyl (C=O) groups is 1. The molecular formula is C9H8ClN3O3S. The van der Waals surface area contributed by atoms with E-state index in [9.17, 15) is 4.79 Å². The fraction of sp³-hybridized carbons (Fsp3) is 0.222. The Balaban J connectivity index is 2.20. The molecule has 90 valence electrons. The Kier molecular flexibility index (Phi) is 3.30. The number of carbonyl (C=O) groups excluding carboxylic acids is 1. The number of aromatic nitrogens is 3. The molecular weight excluding hydrogens is 266 g/mol. The third-order valence-electron chi connectivity index (χ3n) is 1.81. The molecule has 0 aliphatic heterocycles. The Bertz CT molecular complexity index is 551. The lowest BCUT2D eigenvalue weighted by Crippen LogP contribution is -1.98. The minimum atomic E-state index is -0.541. The molecule has 1 N–H and O–H groups in total. The summed E-state index contributed by atoms with van der Waals surface area (Å²) in [5.41, 5.74) is 0.857. The van der Waals surface area contributed by atoms with Gasteiger partial charge in [-0.25, -0.2) is 4.79 Å². The summed E-state index contributed by atoms with van der Waals surface area (Å²) in [6, 6.07) is 1.70. The van der Waals surface area contributed by atoms with E-state index in [1.165, 1.54) is 7.11 Å². The van der Waals surface area contributed by atoms with Crippen molar-refractivity contribution in [3.8, 4) is 11.1 Å². The Morgan fingerprint density at radius 3 is 2.94 bits per heavy atom. The molecule has 0 aliphatic carbocycles. The standard InChI is InChI=1S/C9H8ClN3O3S/c1-4-3-5(13-12-4)16-9-11-7(10)6(17-9)8(14)15-2/h3H,1-2H3,(H,12,13). The van der Waals surface area contributed by atoms with E-state index in [2.05, 4.69) is 19.9 Å². The predicted molar refractivity (Wildman–Crippen MR) is 61.9 cm³/mol. The average molecular weight is 274 g/mol. The first-order valence-electron chi connectivity index (χ1n) is 4.54. The summed E-state index contributed by atoms with van der Waals surface area (Å²) < 4.78 is 9.88. The molecule has 17 heavy (non-hydrogen) atoms. The second kappa shape index (κ2) is 4.72. The van der Waals surface area contributed by atoms with Crippen LogP contribution in [0.5, 0.6) is 11.1 Å². The Morgan fingerprint density at radius 1 is 1.59 bits per heavy atom. The van der Waals surface area contributed by atoms with Gasteiger partial charge >= 0.3 is 5.97 Å². The first-order chi connectivity index (χ1) is 8.10. The van der Waals surface area contributed by atoms with Crippen LogP contribution in [0.2, 0.25) is 5.15 Å². The number of nitrogens with one attached hydrogen (secondary N) is 1. The molecule has 2 aromatic heterocycles. The number of aryl methyl sites for hydroxylation is 1. The fourth-order valence-electron chi connectivity index (χ4n) is 1.08. The molecule has 2 heterocycles. The zero-order chi connectivity index (χ0) is 12.4. The van der Waals surface area contributed by atoms with E-state index in [0.717, 1.165) is 17.0 Å². The first kappa shape index (κ1) is 11.9. The van der Waals surface area contributed by atoms with Crippen LogP contribution in [0.3, 0.4) is 0 Å². The molecule has 0 radical (unpaired) electrons. The molecule has 0 spiro atoms. The molecule has 0 saturated carbocycles. The highest BCUT2D eigenvalue weighted by atomic mass is 35.5. The van der Waals surface area contributed by atoms with Gasteiger partial charge in [-0.05, 0) is 6.92 Å². The Morgan fingerprint density at radius 2 is 2.35 bits per heavy atom. The third kappa shape index (κ3) is 2.56. The van der Waals surface area contributed by atoms with Gasteiger partial charge in [0.05, 0.1) is 7.11 Å². The minimum absolute atomic E-state index is 0.0594. The van der Waals surface area contributed by atoms with Crippen molar-refractivity contribution in [2.24, 2.45) is 0 Å². The molecule has 0 unspecified atom stereocenters. The van der Waals surface area contributed by atoms with Crippen LogP contribution in [0, 0.1) is 6.92 Å². The summed E-state index contributed by atoms with van der Waals surface area (Å²) >= 11 is 6.78. The van der Waals surface area contributed by atoms with Crippen molar-refractivity contribution in [1.29, 1.82) is 0 Å². The molecule has 0 atom stereocenters. The zero-order valence-corrected chi connectivity index (χ0v) is 10.6. The van der Waals surface area contributed by atoms with E-state index in [4.69, 9.17) is 16.3 Å². The van der Waals surface area contributed by atoms with Gasteiger partial charge in [-0.2, -0.15) is 4.98 Å². The zero-order valence-electron chi connectivity index (χ0n) is 8.98. The number of thiazole rings is 1. The molecule has 8 heteroatoms. The van der Waals surface area contributed by atoms with Gasteiger partial charge in [-0.3, -0.25) is 5.10 Å².